The Morgan fingerprint density at radius 2 is 1.95 bits per heavy atom. The van der Waals surface area contributed by atoms with Crippen LogP contribution in [0.2, 0.25) is 0 Å². The highest BCUT2D eigenvalue weighted by Crippen LogP contribution is 2.09. The number of hydrogen-bond acceptors (Lipinski definition) is 4. The standard InChI is InChI=1S/C13H13N3O2S/c1-11-4-6-13(7-5-11)19(17,18)16-15-10-12-3-2-8-14-9-12/h2-10,16H,1H3. The van der Waals surface area contributed by atoms with E-state index < -0.39 is 10.0 Å². The van der Waals surface area contributed by atoms with Gasteiger partial charge in [0.1, 0.15) is 0 Å². The number of rotatable bonds is 4. The van der Waals surface area contributed by atoms with Crippen LogP contribution in [0.3, 0.4) is 0 Å². The van der Waals surface area contributed by atoms with Crippen LogP contribution in [0.5, 0.6) is 0 Å². The lowest BCUT2D eigenvalue weighted by molar-refractivity contribution is 0.584. The predicted molar refractivity (Wildman–Crippen MR) is 73.3 cm³/mol. The van der Waals surface area contributed by atoms with E-state index in [1.165, 1.54) is 18.3 Å². The van der Waals surface area contributed by atoms with Crippen molar-refractivity contribution in [2.24, 2.45) is 5.10 Å². The molecule has 0 amide bonds. The molecular formula is C13H13N3O2S. The maximum atomic E-state index is 11.9. The lowest BCUT2D eigenvalue weighted by atomic mass is 10.2. The average Bonchev–Trinajstić information content (AvgIpc) is 2.40. The summed E-state index contributed by atoms with van der Waals surface area (Å²) in [6.07, 6.45) is 4.62. The Morgan fingerprint density at radius 1 is 1.21 bits per heavy atom. The second kappa shape index (κ2) is 5.62. The second-order valence-corrected chi connectivity index (χ2v) is 5.61. The molecule has 0 fully saturated rings. The smallest absolute Gasteiger partial charge is 0.264 e. The molecule has 0 spiro atoms. The molecule has 0 unspecified atom stereocenters. The number of sulfonamides is 1. The molecule has 6 heteroatoms. The molecular weight excluding hydrogens is 262 g/mol. The van der Waals surface area contributed by atoms with Crippen LogP contribution in [0, 0.1) is 6.92 Å². The van der Waals surface area contributed by atoms with Gasteiger partial charge in [-0.2, -0.15) is 13.5 Å². The molecule has 0 radical (unpaired) electrons. The van der Waals surface area contributed by atoms with Gasteiger partial charge in [0.2, 0.25) is 0 Å². The normalized spacial score (nSPS) is 11.6. The van der Waals surface area contributed by atoms with E-state index in [2.05, 4.69) is 14.9 Å². The first-order valence-corrected chi connectivity index (χ1v) is 7.08. The summed E-state index contributed by atoms with van der Waals surface area (Å²) < 4.78 is 23.8. The van der Waals surface area contributed by atoms with Crippen LogP contribution in [-0.4, -0.2) is 19.6 Å². The van der Waals surface area contributed by atoms with Crippen molar-refractivity contribution in [1.82, 2.24) is 9.82 Å². The Hall–Kier alpha value is -2.21. The van der Waals surface area contributed by atoms with Gasteiger partial charge in [-0.1, -0.05) is 23.8 Å². The van der Waals surface area contributed by atoms with Crippen LogP contribution in [-0.2, 0) is 10.0 Å². The average molecular weight is 275 g/mol. The van der Waals surface area contributed by atoms with E-state index in [1.807, 2.05) is 6.92 Å². The zero-order chi connectivity index (χ0) is 13.7. The first kappa shape index (κ1) is 13.2. The summed E-state index contributed by atoms with van der Waals surface area (Å²) in [5.41, 5.74) is 1.71. The molecule has 0 atom stereocenters. The number of hydrogen-bond donors (Lipinski definition) is 1. The van der Waals surface area contributed by atoms with Crippen LogP contribution in [0.1, 0.15) is 11.1 Å². The fraction of sp³-hybridized carbons (Fsp3) is 0.0769. The molecule has 98 valence electrons. The summed E-state index contributed by atoms with van der Waals surface area (Å²) >= 11 is 0. The summed E-state index contributed by atoms with van der Waals surface area (Å²) in [7, 11) is -3.62. The highest BCUT2D eigenvalue weighted by Gasteiger charge is 2.11. The first-order valence-electron chi connectivity index (χ1n) is 5.59. The maximum absolute atomic E-state index is 11.9. The fourth-order valence-electron chi connectivity index (χ4n) is 1.39. The molecule has 0 aliphatic rings. The number of pyridine rings is 1. The molecule has 1 aromatic carbocycles. The second-order valence-electron chi connectivity index (χ2n) is 3.95. The van der Waals surface area contributed by atoms with Crippen molar-refractivity contribution in [3.05, 3.63) is 59.9 Å². The summed E-state index contributed by atoms with van der Waals surface area (Å²) in [5, 5.41) is 3.71. The van der Waals surface area contributed by atoms with Crippen molar-refractivity contribution in [3.63, 3.8) is 0 Å². The van der Waals surface area contributed by atoms with E-state index in [0.29, 0.717) is 5.56 Å². The predicted octanol–water partition coefficient (Wildman–Crippen LogP) is 1.70. The third-order valence-electron chi connectivity index (χ3n) is 2.40. The molecule has 0 saturated carbocycles. The Bertz CT molecular complexity index is 665. The van der Waals surface area contributed by atoms with Crippen LogP contribution >= 0.6 is 0 Å². The molecule has 19 heavy (non-hydrogen) atoms. The topological polar surface area (TPSA) is 71.4 Å². The Balaban J connectivity index is 2.10. The van der Waals surface area contributed by atoms with Crippen molar-refractivity contribution in [1.29, 1.82) is 0 Å². The molecule has 0 aliphatic carbocycles. The fourth-order valence-corrected chi connectivity index (χ4v) is 2.18. The minimum Gasteiger partial charge on any atom is -0.264 e. The largest absolute Gasteiger partial charge is 0.276 e. The molecule has 1 heterocycles. The number of aromatic nitrogens is 1. The van der Waals surface area contributed by atoms with Gasteiger partial charge < -0.3 is 0 Å². The first-order chi connectivity index (χ1) is 9.08. The number of nitrogens with zero attached hydrogens (tertiary/aromatic N) is 2. The minimum absolute atomic E-state index is 0.182. The summed E-state index contributed by atoms with van der Waals surface area (Å²) in [5.74, 6) is 0. The van der Waals surface area contributed by atoms with Gasteiger partial charge in [-0.25, -0.2) is 4.83 Å². The van der Waals surface area contributed by atoms with Gasteiger partial charge in [0.15, 0.2) is 0 Å². The van der Waals surface area contributed by atoms with Crippen LogP contribution in [0.15, 0.2) is 58.8 Å². The van der Waals surface area contributed by atoms with Crippen molar-refractivity contribution in [2.75, 3.05) is 0 Å². The highest BCUT2D eigenvalue weighted by molar-refractivity contribution is 7.89. The summed E-state index contributed by atoms with van der Waals surface area (Å²) in [6.45, 7) is 1.89. The van der Waals surface area contributed by atoms with Crippen molar-refractivity contribution in [2.45, 2.75) is 11.8 Å². The van der Waals surface area contributed by atoms with Gasteiger partial charge in [-0.3, -0.25) is 4.98 Å². The van der Waals surface area contributed by atoms with Crippen molar-refractivity contribution in [3.8, 4) is 0 Å². The molecule has 5 nitrogen and oxygen atoms in total. The van der Waals surface area contributed by atoms with Gasteiger partial charge in [0, 0.05) is 18.0 Å². The number of hydrazone groups is 1. The van der Waals surface area contributed by atoms with Gasteiger partial charge in [0.25, 0.3) is 10.0 Å². The zero-order valence-corrected chi connectivity index (χ0v) is 11.1. The van der Waals surface area contributed by atoms with Crippen molar-refractivity contribution < 1.29 is 8.42 Å². The van der Waals surface area contributed by atoms with Crippen LogP contribution in [0.25, 0.3) is 0 Å². The van der Waals surface area contributed by atoms with Crippen LogP contribution in [0.4, 0.5) is 0 Å². The highest BCUT2D eigenvalue weighted by atomic mass is 32.2. The van der Waals surface area contributed by atoms with E-state index >= 15 is 0 Å². The van der Waals surface area contributed by atoms with Gasteiger partial charge in [0.05, 0.1) is 11.1 Å². The maximum Gasteiger partial charge on any atom is 0.276 e. The summed E-state index contributed by atoms with van der Waals surface area (Å²) in [4.78, 5) is 6.24. The molecule has 2 rings (SSSR count). The number of nitrogens with one attached hydrogen (secondary N) is 1. The SMILES string of the molecule is Cc1ccc(S(=O)(=O)NN=Cc2cccnc2)cc1. The Labute approximate surface area is 112 Å². The van der Waals surface area contributed by atoms with Gasteiger partial charge in [-0.15, -0.1) is 0 Å². The van der Waals surface area contributed by atoms with Crippen molar-refractivity contribution >= 4 is 16.2 Å². The van der Waals surface area contributed by atoms with Crippen LogP contribution < -0.4 is 4.83 Å². The molecule has 0 aliphatic heterocycles. The lowest BCUT2D eigenvalue weighted by Gasteiger charge is -2.03. The molecule has 1 N–H and O–H groups in total. The van der Waals surface area contributed by atoms with E-state index in [9.17, 15) is 8.42 Å². The van der Waals surface area contributed by atoms with E-state index in [-0.39, 0.29) is 4.90 Å². The quantitative estimate of drug-likeness (QED) is 0.682. The van der Waals surface area contributed by atoms with E-state index in [0.717, 1.165) is 5.56 Å². The van der Waals surface area contributed by atoms with E-state index in [4.69, 9.17) is 0 Å². The number of aryl methyl sites for hydroxylation is 1. The monoisotopic (exact) mass is 275 g/mol. The lowest BCUT2D eigenvalue weighted by Crippen LogP contribution is -2.18. The Kier molecular flexibility index (Phi) is 3.91. The Morgan fingerprint density at radius 3 is 2.58 bits per heavy atom. The number of benzene rings is 1. The third kappa shape index (κ3) is 3.62. The molecule has 0 saturated heterocycles. The summed E-state index contributed by atoms with van der Waals surface area (Å²) in [6, 6.07) is 10.1. The van der Waals surface area contributed by atoms with Gasteiger partial charge in [-0.05, 0) is 25.1 Å². The van der Waals surface area contributed by atoms with Gasteiger partial charge >= 0.3 is 0 Å². The third-order valence-corrected chi connectivity index (χ3v) is 3.64. The molecule has 0 bridgehead atoms. The van der Waals surface area contributed by atoms with E-state index in [1.54, 1.807) is 36.7 Å². The molecule has 1 aromatic heterocycles. The molecule has 2 aromatic rings. The minimum atomic E-state index is -3.62. The zero-order valence-electron chi connectivity index (χ0n) is 10.3.